The molecule has 0 aliphatic carbocycles. The predicted octanol–water partition coefficient (Wildman–Crippen LogP) is 5.34. The van der Waals surface area contributed by atoms with Crippen LogP contribution in [-0.4, -0.2) is 23.8 Å². The number of nitrogens with zero attached hydrogens (tertiary/aromatic N) is 2. The first-order valence-electron chi connectivity index (χ1n) is 9.29. The van der Waals surface area contributed by atoms with E-state index in [2.05, 4.69) is 15.9 Å². The van der Waals surface area contributed by atoms with E-state index in [0.29, 0.717) is 28.2 Å². The molecule has 4 aromatic rings. The van der Waals surface area contributed by atoms with Crippen LogP contribution < -0.4 is 15.0 Å². The summed E-state index contributed by atoms with van der Waals surface area (Å²) in [7, 11) is 3.19. The largest absolute Gasteiger partial charge is 0.493 e. The molecule has 0 aliphatic rings. The predicted molar refractivity (Wildman–Crippen MR) is 124 cm³/mol. The summed E-state index contributed by atoms with van der Waals surface area (Å²) in [6.07, 6.45) is 3.72. The highest BCUT2D eigenvalue weighted by Crippen LogP contribution is 2.34. The Kier molecular flexibility index (Phi) is 5.68. The van der Waals surface area contributed by atoms with Crippen LogP contribution in [0.3, 0.4) is 0 Å². The normalized spacial score (nSPS) is 11.2. The van der Waals surface area contributed by atoms with Gasteiger partial charge in [-0.15, -0.1) is 0 Å². The van der Waals surface area contributed by atoms with Gasteiger partial charge in [0.1, 0.15) is 5.82 Å². The fraction of sp³-hybridized carbons (Fsp3) is 0.0833. The summed E-state index contributed by atoms with van der Waals surface area (Å²) in [5.41, 5.74) is 2.17. The first-order valence-corrected chi connectivity index (χ1v) is 10.1. The molecule has 0 amide bonds. The number of hydrogen-bond acceptors (Lipinski definition) is 4. The molecule has 150 valence electrons. The van der Waals surface area contributed by atoms with E-state index < -0.39 is 0 Å². The SMILES string of the molecule is COc1cc(Br)c(C=Cc2nc3ccccc3c(=O)n2-c2ccccc2)cc1OC. The van der Waals surface area contributed by atoms with Gasteiger partial charge in [0.15, 0.2) is 11.5 Å². The molecule has 0 saturated carbocycles. The summed E-state index contributed by atoms with van der Waals surface area (Å²) in [6.45, 7) is 0. The van der Waals surface area contributed by atoms with Crippen molar-refractivity contribution >= 4 is 39.0 Å². The zero-order chi connectivity index (χ0) is 21.1. The van der Waals surface area contributed by atoms with E-state index in [1.54, 1.807) is 24.9 Å². The number of halogens is 1. The molecule has 1 aromatic heterocycles. The lowest BCUT2D eigenvalue weighted by Crippen LogP contribution is -2.22. The zero-order valence-electron chi connectivity index (χ0n) is 16.5. The highest BCUT2D eigenvalue weighted by molar-refractivity contribution is 9.10. The molecule has 0 radical (unpaired) electrons. The molecule has 4 rings (SSSR count). The molecule has 0 unspecified atom stereocenters. The topological polar surface area (TPSA) is 53.3 Å². The minimum atomic E-state index is -0.113. The third-order valence-corrected chi connectivity index (χ3v) is 5.42. The Hall–Kier alpha value is -3.38. The zero-order valence-corrected chi connectivity index (χ0v) is 18.1. The molecule has 0 saturated heterocycles. The maximum atomic E-state index is 13.3. The van der Waals surface area contributed by atoms with Crippen LogP contribution >= 0.6 is 15.9 Å². The number of benzene rings is 3. The minimum absolute atomic E-state index is 0.113. The molecule has 0 N–H and O–H groups in total. The van der Waals surface area contributed by atoms with E-state index in [9.17, 15) is 4.79 Å². The third-order valence-electron chi connectivity index (χ3n) is 4.73. The van der Waals surface area contributed by atoms with Gasteiger partial charge in [0.2, 0.25) is 0 Å². The maximum Gasteiger partial charge on any atom is 0.266 e. The monoisotopic (exact) mass is 462 g/mol. The van der Waals surface area contributed by atoms with Crippen LogP contribution in [0.1, 0.15) is 11.4 Å². The molecule has 0 fully saturated rings. The lowest BCUT2D eigenvalue weighted by molar-refractivity contribution is 0.354. The molecule has 5 nitrogen and oxygen atoms in total. The van der Waals surface area contributed by atoms with Gasteiger partial charge in [0.05, 0.1) is 30.8 Å². The number of fused-ring (bicyclic) bond motifs is 1. The molecular formula is C24H19BrN2O3. The quantitative estimate of drug-likeness (QED) is 0.401. The Morgan fingerprint density at radius 1 is 0.900 bits per heavy atom. The molecule has 30 heavy (non-hydrogen) atoms. The number of hydrogen-bond donors (Lipinski definition) is 0. The van der Waals surface area contributed by atoms with Gasteiger partial charge in [-0.25, -0.2) is 4.98 Å². The van der Waals surface area contributed by atoms with Crippen LogP contribution in [0.15, 0.2) is 76.0 Å². The van der Waals surface area contributed by atoms with Gasteiger partial charge in [-0.05, 0) is 48.0 Å². The molecule has 1 heterocycles. The summed E-state index contributed by atoms with van der Waals surface area (Å²) in [5, 5.41) is 0.575. The Morgan fingerprint density at radius 3 is 2.30 bits per heavy atom. The smallest absolute Gasteiger partial charge is 0.266 e. The van der Waals surface area contributed by atoms with Gasteiger partial charge < -0.3 is 9.47 Å². The van der Waals surface area contributed by atoms with Crippen LogP contribution in [0.2, 0.25) is 0 Å². The number of methoxy groups -OCH3 is 2. The molecule has 0 atom stereocenters. The van der Waals surface area contributed by atoms with Crippen molar-refractivity contribution < 1.29 is 9.47 Å². The van der Waals surface area contributed by atoms with Crippen molar-refractivity contribution in [3.8, 4) is 17.2 Å². The van der Waals surface area contributed by atoms with Crippen molar-refractivity contribution in [2.45, 2.75) is 0 Å². The Labute approximate surface area is 182 Å². The Balaban J connectivity index is 1.90. The van der Waals surface area contributed by atoms with Crippen molar-refractivity contribution in [2.75, 3.05) is 14.2 Å². The number of rotatable bonds is 5. The summed E-state index contributed by atoms with van der Waals surface area (Å²) < 4.78 is 13.2. The lowest BCUT2D eigenvalue weighted by Gasteiger charge is -2.12. The van der Waals surface area contributed by atoms with Crippen molar-refractivity contribution in [1.82, 2.24) is 9.55 Å². The molecule has 0 bridgehead atoms. The summed E-state index contributed by atoms with van der Waals surface area (Å²) in [6, 6.07) is 20.6. The summed E-state index contributed by atoms with van der Waals surface area (Å²) in [4.78, 5) is 18.0. The Morgan fingerprint density at radius 2 is 1.57 bits per heavy atom. The van der Waals surface area contributed by atoms with Gasteiger partial charge in [-0.3, -0.25) is 9.36 Å². The number of ether oxygens (including phenoxy) is 2. The fourth-order valence-corrected chi connectivity index (χ4v) is 3.70. The second-order valence-electron chi connectivity index (χ2n) is 6.53. The first-order chi connectivity index (χ1) is 14.6. The third kappa shape index (κ3) is 3.74. The molecule has 3 aromatic carbocycles. The summed E-state index contributed by atoms with van der Waals surface area (Å²) >= 11 is 3.57. The second-order valence-corrected chi connectivity index (χ2v) is 7.38. The van der Waals surface area contributed by atoms with Gasteiger partial charge >= 0.3 is 0 Å². The van der Waals surface area contributed by atoms with Crippen LogP contribution in [0.25, 0.3) is 28.7 Å². The highest BCUT2D eigenvalue weighted by atomic mass is 79.9. The van der Waals surface area contributed by atoms with Gasteiger partial charge in [0, 0.05) is 4.47 Å². The van der Waals surface area contributed by atoms with E-state index in [1.165, 1.54) is 0 Å². The maximum absolute atomic E-state index is 13.3. The van der Waals surface area contributed by atoms with E-state index in [4.69, 9.17) is 14.5 Å². The van der Waals surface area contributed by atoms with Crippen molar-refractivity contribution in [3.05, 3.63) is 92.9 Å². The van der Waals surface area contributed by atoms with Crippen LogP contribution in [-0.2, 0) is 0 Å². The van der Waals surface area contributed by atoms with Crippen LogP contribution in [0.4, 0.5) is 0 Å². The summed E-state index contributed by atoms with van der Waals surface area (Å²) in [5.74, 6) is 1.78. The molecule has 0 spiro atoms. The first kappa shape index (κ1) is 19.9. The van der Waals surface area contributed by atoms with E-state index in [0.717, 1.165) is 15.7 Å². The van der Waals surface area contributed by atoms with Crippen molar-refractivity contribution in [3.63, 3.8) is 0 Å². The van der Waals surface area contributed by atoms with Gasteiger partial charge in [-0.1, -0.05) is 52.3 Å². The standard InChI is InChI=1S/C24H19BrN2O3/c1-29-21-14-16(19(25)15-22(21)30-2)12-13-23-26-20-11-7-6-10-18(20)24(28)27(23)17-8-4-3-5-9-17/h3-15H,1-2H3. The van der Waals surface area contributed by atoms with Crippen LogP contribution in [0.5, 0.6) is 11.5 Å². The van der Waals surface area contributed by atoms with E-state index >= 15 is 0 Å². The number of para-hydroxylation sites is 2. The second kappa shape index (κ2) is 8.55. The van der Waals surface area contributed by atoms with E-state index in [1.807, 2.05) is 72.8 Å². The van der Waals surface area contributed by atoms with Gasteiger partial charge in [-0.2, -0.15) is 0 Å². The van der Waals surface area contributed by atoms with Crippen molar-refractivity contribution in [1.29, 1.82) is 0 Å². The van der Waals surface area contributed by atoms with E-state index in [-0.39, 0.29) is 5.56 Å². The average molecular weight is 463 g/mol. The minimum Gasteiger partial charge on any atom is -0.493 e. The highest BCUT2D eigenvalue weighted by Gasteiger charge is 2.12. The van der Waals surface area contributed by atoms with Crippen LogP contribution in [0, 0.1) is 0 Å². The Bertz CT molecular complexity index is 1300. The molecule has 6 heteroatoms. The fourth-order valence-electron chi connectivity index (χ4n) is 3.25. The van der Waals surface area contributed by atoms with Crippen molar-refractivity contribution in [2.24, 2.45) is 0 Å². The lowest BCUT2D eigenvalue weighted by atomic mass is 10.1. The average Bonchev–Trinajstić information content (AvgIpc) is 2.78. The molecular weight excluding hydrogens is 444 g/mol. The molecule has 0 aliphatic heterocycles. The van der Waals surface area contributed by atoms with Gasteiger partial charge in [0.25, 0.3) is 5.56 Å². The number of aromatic nitrogens is 2.